The van der Waals surface area contributed by atoms with E-state index in [1.807, 2.05) is 12.1 Å². The van der Waals surface area contributed by atoms with Gasteiger partial charge in [-0.05, 0) is 56.4 Å². The van der Waals surface area contributed by atoms with E-state index in [2.05, 4.69) is 0 Å². The van der Waals surface area contributed by atoms with Crippen LogP contribution in [0.15, 0.2) is 24.3 Å². The summed E-state index contributed by atoms with van der Waals surface area (Å²) in [5.74, 6) is -0.849. The molecule has 180 valence electrons. The lowest BCUT2D eigenvalue weighted by molar-refractivity contribution is -0.147. The third-order valence-corrected chi connectivity index (χ3v) is 7.29. The van der Waals surface area contributed by atoms with Crippen molar-refractivity contribution in [1.82, 2.24) is 4.90 Å². The smallest absolute Gasteiger partial charge is 0.303 e. The molecular formula is C26H37N3O4. The van der Waals surface area contributed by atoms with Gasteiger partial charge in [-0.15, -0.1) is 0 Å². The molecule has 1 heterocycles. The Balaban J connectivity index is 1.67. The van der Waals surface area contributed by atoms with Crippen molar-refractivity contribution < 1.29 is 19.5 Å². The quantitative estimate of drug-likeness (QED) is 0.364. The topological polar surface area (TPSA) is 125 Å². The number of nitrogens with one attached hydrogen (secondary N) is 1. The zero-order valence-corrected chi connectivity index (χ0v) is 19.4. The minimum atomic E-state index is -0.870. The number of carbonyl (C=O) groups excluding carboxylic acids is 2. The number of hydrogen-bond donors (Lipinski definition) is 3. The normalized spacial score (nSPS) is 20.2. The van der Waals surface area contributed by atoms with Crippen molar-refractivity contribution in [3.8, 4) is 0 Å². The van der Waals surface area contributed by atoms with Crippen molar-refractivity contribution in [2.45, 2.75) is 83.1 Å². The Labute approximate surface area is 196 Å². The van der Waals surface area contributed by atoms with Gasteiger partial charge in [0.05, 0.1) is 6.04 Å². The highest BCUT2D eigenvalue weighted by atomic mass is 16.4. The van der Waals surface area contributed by atoms with Crippen LogP contribution in [0.4, 0.5) is 0 Å². The predicted octanol–water partition coefficient (Wildman–Crippen LogP) is 3.91. The van der Waals surface area contributed by atoms with Crippen molar-refractivity contribution in [2.24, 2.45) is 17.6 Å². The Bertz CT molecular complexity index is 846. The molecule has 1 saturated heterocycles. The predicted molar refractivity (Wildman–Crippen MR) is 127 cm³/mol. The fourth-order valence-corrected chi connectivity index (χ4v) is 5.40. The van der Waals surface area contributed by atoms with Gasteiger partial charge >= 0.3 is 5.97 Å². The van der Waals surface area contributed by atoms with Crippen LogP contribution < -0.4 is 5.73 Å². The summed E-state index contributed by atoms with van der Waals surface area (Å²) in [6.07, 6.45) is 9.09. The molecule has 1 amide bonds. The molecule has 0 spiro atoms. The maximum atomic E-state index is 13.6. The van der Waals surface area contributed by atoms with Crippen molar-refractivity contribution in [3.63, 3.8) is 0 Å². The number of aryl methyl sites for hydroxylation is 1. The van der Waals surface area contributed by atoms with Gasteiger partial charge in [0.15, 0.2) is 5.78 Å². The Hall–Kier alpha value is -2.70. The Kier molecular flexibility index (Phi) is 9.03. The monoisotopic (exact) mass is 455 g/mol. The number of amidine groups is 1. The standard InChI is InChI=1S/C26H37N3O4/c27-25(28)20-12-9-18(10-13-20)11-15-23(30)22-8-4-5-17-29(22)26(33)21(14-16-24(31)32)19-6-2-1-3-7-19/h9-10,12-13,19,21-22H,1-8,11,14-17H2,(H3,27,28)(H,31,32)/t21-,22+/m1/s1. The van der Waals surface area contributed by atoms with Crippen LogP contribution in [-0.2, 0) is 20.8 Å². The van der Waals surface area contributed by atoms with Gasteiger partial charge in [-0.3, -0.25) is 19.8 Å². The highest BCUT2D eigenvalue weighted by molar-refractivity contribution is 5.95. The van der Waals surface area contributed by atoms with Crippen LogP contribution in [0.3, 0.4) is 0 Å². The average Bonchev–Trinajstić information content (AvgIpc) is 2.83. The molecule has 1 saturated carbocycles. The number of hydrogen-bond acceptors (Lipinski definition) is 4. The number of Topliss-reactive ketones (excluding diaryl/α,β-unsaturated/α-hetero) is 1. The molecule has 7 heteroatoms. The first-order valence-electron chi connectivity index (χ1n) is 12.3. The molecule has 0 radical (unpaired) electrons. The van der Waals surface area contributed by atoms with Gasteiger partial charge in [0.1, 0.15) is 5.84 Å². The first-order chi connectivity index (χ1) is 15.9. The maximum absolute atomic E-state index is 13.6. The lowest BCUT2D eigenvalue weighted by Crippen LogP contribution is -2.51. The molecule has 0 aromatic heterocycles. The third kappa shape index (κ3) is 6.89. The van der Waals surface area contributed by atoms with Crippen LogP contribution in [0.25, 0.3) is 0 Å². The summed E-state index contributed by atoms with van der Waals surface area (Å²) >= 11 is 0. The van der Waals surface area contributed by atoms with Crippen LogP contribution >= 0.6 is 0 Å². The maximum Gasteiger partial charge on any atom is 0.303 e. The number of rotatable bonds is 10. The summed E-state index contributed by atoms with van der Waals surface area (Å²) in [7, 11) is 0. The van der Waals surface area contributed by atoms with Gasteiger partial charge in [-0.25, -0.2) is 0 Å². The molecule has 1 aliphatic carbocycles. The van der Waals surface area contributed by atoms with E-state index >= 15 is 0 Å². The second-order valence-corrected chi connectivity index (χ2v) is 9.56. The number of nitrogen functional groups attached to an aromatic ring is 1. The van der Waals surface area contributed by atoms with Crippen molar-refractivity contribution in [3.05, 3.63) is 35.4 Å². The number of carbonyl (C=O) groups is 3. The van der Waals surface area contributed by atoms with Gasteiger partial charge in [0.2, 0.25) is 5.91 Å². The van der Waals surface area contributed by atoms with Crippen molar-refractivity contribution in [2.75, 3.05) is 6.54 Å². The number of aliphatic carboxylic acids is 1. The van der Waals surface area contributed by atoms with Gasteiger partial charge in [-0.2, -0.15) is 0 Å². The summed E-state index contributed by atoms with van der Waals surface area (Å²) in [6.45, 7) is 0.582. The molecule has 0 bridgehead atoms. The Morgan fingerprint density at radius 3 is 2.30 bits per heavy atom. The minimum absolute atomic E-state index is 0.00435. The largest absolute Gasteiger partial charge is 0.481 e. The van der Waals surface area contributed by atoms with Crippen molar-refractivity contribution in [1.29, 1.82) is 5.41 Å². The molecule has 2 fully saturated rings. The van der Waals surface area contributed by atoms with E-state index in [1.54, 1.807) is 17.0 Å². The number of likely N-dealkylation sites (tertiary alicyclic amines) is 1. The van der Waals surface area contributed by atoms with Crippen LogP contribution in [0.1, 0.15) is 81.8 Å². The van der Waals surface area contributed by atoms with Crippen LogP contribution in [-0.4, -0.2) is 46.1 Å². The number of nitrogens with zero attached hydrogens (tertiary/aromatic N) is 1. The van der Waals surface area contributed by atoms with Gasteiger partial charge in [0.25, 0.3) is 0 Å². The van der Waals surface area contributed by atoms with Gasteiger partial charge < -0.3 is 15.7 Å². The van der Waals surface area contributed by atoms with Crippen molar-refractivity contribution >= 4 is 23.5 Å². The van der Waals surface area contributed by atoms with E-state index in [0.717, 1.165) is 44.1 Å². The molecule has 33 heavy (non-hydrogen) atoms. The SMILES string of the molecule is N=C(N)c1ccc(CCC(=O)[C@@H]2CCCCN2C(=O)[C@H](CCC(=O)O)C2CCCCC2)cc1. The second kappa shape index (κ2) is 12.0. The number of piperidine rings is 1. The molecule has 3 rings (SSSR count). The van der Waals surface area contributed by atoms with E-state index in [4.69, 9.17) is 11.1 Å². The molecule has 4 N–H and O–H groups in total. The van der Waals surface area contributed by atoms with E-state index in [-0.39, 0.29) is 35.8 Å². The first-order valence-corrected chi connectivity index (χ1v) is 12.3. The highest BCUT2D eigenvalue weighted by Crippen LogP contribution is 2.35. The molecule has 1 aliphatic heterocycles. The molecule has 7 nitrogen and oxygen atoms in total. The lowest BCUT2D eigenvalue weighted by Gasteiger charge is -2.39. The minimum Gasteiger partial charge on any atom is -0.481 e. The van der Waals surface area contributed by atoms with E-state index in [1.165, 1.54) is 6.42 Å². The van der Waals surface area contributed by atoms with E-state index in [9.17, 15) is 19.5 Å². The van der Waals surface area contributed by atoms with Gasteiger partial charge in [0, 0.05) is 30.9 Å². The summed E-state index contributed by atoms with van der Waals surface area (Å²) in [5.41, 5.74) is 7.16. The molecule has 1 aromatic rings. The second-order valence-electron chi connectivity index (χ2n) is 9.56. The number of carboxylic acid groups (broad SMARTS) is 1. The Morgan fingerprint density at radius 1 is 1.00 bits per heavy atom. The molecule has 2 atom stereocenters. The zero-order chi connectivity index (χ0) is 23.8. The van der Waals surface area contributed by atoms with E-state index < -0.39 is 12.0 Å². The molecule has 1 aromatic carbocycles. The number of carboxylic acids is 1. The molecule has 2 aliphatic rings. The first kappa shape index (κ1) is 24.9. The van der Waals surface area contributed by atoms with Crippen LogP contribution in [0, 0.1) is 17.2 Å². The highest BCUT2D eigenvalue weighted by Gasteiger charge is 2.38. The fourth-order valence-electron chi connectivity index (χ4n) is 5.40. The van der Waals surface area contributed by atoms with Crippen LogP contribution in [0.5, 0.6) is 0 Å². The number of ketones is 1. The third-order valence-electron chi connectivity index (χ3n) is 7.29. The number of nitrogens with two attached hydrogens (primary N) is 1. The van der Waals surface area contributed by atoms with Crippen LogP contribution in [0.2, 0.25) is 0 Å². The molecule has 0 unspecified atom stereocenters. The number of amides is 1. The average molecular weight is 456 g/mol. The fraction of sp³-hybridized carbons (Fsp3) is 0.615. The summed E-state index contributed by atoms with van der Waals surface area (Å²) in [5, 5.41) is 16.7. The summed E-state index contributed by atoms with van der Waals surface area (Å²) in [6, 6.07) is 6.95. The summed E-state index contributed by atoms with van der Waals surface area (Å²) in [4.78, 5) is 39.9. The van der Waals surface area contributed by atoms with E-state index in [0.29, 0.717) is 37.8 Å². The van der Waals surface area contributed by atoms with Gasteiger partial charge in [-0.1, -0.05) is 43.5 Å². The lowest BCUT2D eigenvalue weighted by atomic mass is 9.76. The summed E-state index contributed by atoms with van der Waals surface area (Å²) < 4.78 is 0. The Morgan fingerprint density at radius 2 is 1.67 bits per heavy atom. The molecular weight excluding hydrogens is 418 g/mol. The number of benzene rings is 1. The zero-order valence-electron chi connectivity index (χ0n) is 19.4.